The Bertz CT molecular complexity index is 949. The van der Waals surface area contributed by atoms with Crippen molar-refractivity contribution in [3.05, 3.63) is 53.5 Å². The summed E-state index contributed by atoms with van der Waals surface area (Å²) < 4.78 is 0. The number of carbonyl (C=O) groups is 1. The standard InChI is InChI=1S/C17H16N6OS/c1-18-13-3-2-11(8-20-13)21-17(24)12-4-6-19-16-14(12)22-15(23-16)10-5-7-25-9-10/h2-8,10H,9H2,1H3,(H,18,20)(H,21,24)(H,19,22,23). The molecule has 0 bridgehead atoms. The summed E-state index contributed by atoms with van der Waals surface area (Å²) in [6.07, 6.45) is 5.32. The Morgan fingerprint density at radius 1 is 1.32 bits per heavy atom. The van der Waals surface area contributed by atoms with Gasteiger partial charge >= 0.3 is 0 Å². The summed E-state index contributed by atoms with van der Waals surface area (Å²) in [4.78, 5) is 28.9. The van der Waals surface area contributed by atoms with E-state index in [4.69, 9.17) is 0 Å². The molecule has 4 heterocycles. The number of nitrogens with one attached hydrogen (secondary N) is 3. The summed E-state index contributed by atoms with van der Waals surface area (Å²) in [5.41, 5.74) is 2.34. The Labute approximate surface area is 148 Å². The molecule has 1 amide bonds. The summed E-state index contributed by atoms with van der Waals surface area (Å²) in [6, 6.07) is 5.29. The van der Waals surface area contributed by atoms with Crippen LogP contribution in [0, 0.1) is 0 Å². The number of allylic oxidation sites excluding steroid dienone is 1. The second-order valence-corrected chi connectivity index (χ2v) is 6.52. The molecule has 0 spiro atoms. The molecule has 8 heteroatoms. The normalized spacial score (nSPS) is 16.3. The third kappa shape index (κ3) is 3.08. The molecule has 1 atom stereocenters. The molecule has 0 aromatic carbocycles. The number of rotatable bonds is 4. The highest BCUT2D eigenvalue weighted by Crippen LogP contribution is 2.29. The first-order valence-corrected chi connectivity index (χ1v) is 8.87. The molecule has 0 radical (unpaired) electrons. The SMILES string of the molecule is CNc1ccc(NC(=O)c2ccnc3nc(C4C=CSC4)[nH]c23)cn1. The van der Waals surface area contributed by atoms with Crippen LogP contribution in [0.3, 0.4) is 0 Å². The van der Waals surface area contributed by atoms with E-state index < -0.39 is 0 Å². The molecule has 25 heavy (non-hydrogen) atoms. The van der Waals surface area contributed by atoms with Gasteiger partial charge in [0.2, 0.25) is 0 Å². The zero-order valence-corrected chi connectivity index (χ0v) is 14.3. The van der Waals surface area contributed by atoms with Gasteiger partial charge in [0.25, 0.3) is 5.91 Å². The van der Waals surface area contributed by atoms with E-state index in [1.165, 1.54) is 0 Å². The third-order valence-corrected chi connectivity index (χ3v) is 4.87. The fourth-order valence-corrected chi connectivity index (χ4v) is 3.53. The van der Waals surface area contributed by atoms with Crippen LogP contribution in [-0.4, -0.2) is 38.6 Å². The molecule has 1 unspecified atom stereocenters. The fourth-order valence-electron chi connectivity index (χ4n) is 2.64. The lowest BCUT2D eigenvalue weighted by molar-refractivity contribution is 0.102. The highest BCUT2D eigenvalue weighted by atomic mass is 32.2. The first-order chi connectivity index (χ1) is 12.2. The number of anilines is 2. The minimum atomic E-state index is -0.224. The zero-order valence-electron chi connectivity index (χ0n) is 13.5. The van der Waals surface area contributed by atoms with Crippen molar-refractivity contribution in [1.29, 1.82) is 0 Å². The lowest BCUT2D eigenvalue weighted by Gasteiger charge is -2.06. The molecular formula is C17H16N6OS. The second kappa shape index (κ2) is 6.56. The van der Waals surface area contributed by atoms with E-state index in [0.29, 0.717) is 22.4 Å². The highest BCUT2D eigenvalue weighted by molar-refractivity contribution is 8.02. The molecular weight excluding hydrogens is 336 g/mol. The Hall–Kier alpha value is -2.87. The number of pyridine rings is 2. The van der Waals surface area contributed by atoms with Crippen molar-refractivity contribution in [3.63, 3.8) is 0 Å². The zero-order chi connectivity index (χ0) is 17.2. The monoisotopic (exact) mass is 352 g/mol. The fraction of sp³-hybridized carbons (Fsp3) is 0.176. The number of imidazole rings is 1. The van der Waals surface area contributed by atoms with Gasteiger partial charge in [-0.1, -0.05) is 6.08 Å². The summed E-state index contributed by atoms with van der Waals surface area (Å²) in [5.74, 6) is 2.53. The number of fused-ring (bicyclic) bond motifs is 1. The van der Waals surface area contributed by atoms with Gasteiger partial charge in [-0.05, 0) is 23.6 Å². The predicted molar refractivity (Wildman–Crippen MR) is 100.0 cm³/mol. The lowest BCUT2D eigenvalue weighted by Crippen LogP contribution is -2.13. The average molecular weight is 352 g/mol. The van der Waals surface area contributed by atoms with Gasteiger partial charge in [-0.2, -0.15) is 0 Å². The smallest absolute Gasteiger partial charge is 0.258 e. The largest absolute Gasteiger partial charge is 0.373 e. The van der Waals surface area contributed by atoms with Crippen LogP contribution in [0.1, 0.15) is 22.1 Å². The maximum Gasteiger partial charge on any atom is 0.258 e. The molecule has 0 fully saturated rings. The van der Waals surface area contributed by atoms with Crippen LogP contribution in [0.15, 0.2) is 42.1 Å². The van der Waals surface area contributed by atoms with Crippen LogP contribution in [-0.2, 0) is 0 Å². The molecule has 1 aliphatic rings. The van der Waals surface area contributed by atoms with Gasteiger partial charge < -0.3 is 15.6 Å². The Morgan fingerprint density at radius 3 is 2.96 bits per heavy atom. The number of hydrogen-bond acceptors (Lipinski definition) is 6. The van der Waals surface area contributed by atoms with E-state index in [1.54, 1.807) is 49.4 Å². The maximum atomic E-state index is 12.7. The van der Waals surface area contributed by atoms with E-state index in [0.717, 1.165) is 17.4 Å². The third-order valence-electron chi connectivity index (χ3n) is 3.97. The molecule has 0 saturated carbocycles. The molecule has 126 valence electrons. The second-order valence-electron chi connectivity index (χ2n) is 5.58. The number of thioether (sulfide) groups is 1. The van der Waals surface area contributed by atoms with Crippen molar-refractivity contribution in [2.75, 3.05) is 23.4 Å². The van der Waals surface area contributed by atoms with Gasteiger partial charge in [0.15, 0.2) is 5.65 Å². The van der Waals surface area contributed by atoms with Crippen molar-refractivity contribution in [2.24, 2.45) is 0 Å². The number of aromatic amines is 1. The number of nitrogens with zero attached hydrogens (tertiary/aromatic N) is 3. The van der Waals surface area contributed by atoms with Crippen LogP contribution in [0.25, 0.3) is 11.2 Å². The van der Waals surface area contributed by atoms with Crippen LogP contribution in [0.5, 0.6) is 0 Å². The van der Waals surface area contributed by atoms with E-state index in [1.807, 2.05) is 0 Å². The first-order valence-electron chi connectivity index (χ1n) is 7.82. The quantitative estimate of drug-likeness (QED) is 0.668. The minimum Gasteiger partial charge on any atom is -0.373 e. The Morgan fingerprint density at radius 2 is 2.24 bits per heavy atom. The van der Waals surface area contributed by atoms with Crippen LogP contribution in [0.4, 0.5) is 11.5 Å². The van der Waals surface area contributed by atoms with Gasteiger partial charge in [-0.25, -0.2) is 15.0 Å². The van der Waals surface area contributed by atoms with Crippen molar-refractivity contribution in [3.8, 4) is 0 Å². The molecule has 0 saturated heterocycles. The van der Waals surface area contributed by atoms with Gasteiger partial charge in [-0.15, -0.1) is 11.8 Å². The maximum absolute atomic E-state index is 12.7. The van der Waals surface area contributed by atoms with Crippen molar-refractivity contribution in [2.45, 2.75) is 5.92 Å². The van der Waals surface area contributed by atoms with Crippen LogP contribution in [0.2, 0.25) is 0 Å². The first kappa shape index (κ1) is 15.6. The van der Waals surface area contributed by atoms with Gasteiger partial charge in [0, 0.05) is 24.9 Å². The van der Waals surface area contributed by atoms with Gasteiger partial charge in [0.1, 0.15) is 11.6 Å². The van der Waals surface area contributed by atoms with E-state index >= 15 is 0 Å². The highest BCUT2D eigenvalue weighted by Gasteiger charge is 2.20. The van der Waals surface area contributed by atoms with E-state index in [9.17, 15) is 4.79 Å². The summed E-state index contributed by atoms with van der Waals surface area (Å²) in [7, 11) is 1.79. The predicted octanol–water partition coefficient (Wildman–Crippen LogP) is 2.99. The lowest BCUT2D eigenvalue weighted by atomic mass is 10.2. The topological polar surface area (TPSA) is 95.6 Å². The molecule has 3 aromatic rings. The van der Waals surface area contributed by atoms with E-state index in [-0.39, 0.29) is 11.8 Å². The number of H-pyrrole nitrogens is 1. The summed E-state index contributed by atoms with van der Waals surface area (Å²) in [5, 5.41) is 7.87. The van der Waals surface area contributed by atoms with Gasteiger partial charge in [0.05, 0.1) is 23.0 Å². The molecule has 7 nitrogen and oxygen atoms in total. The molecule has 0 aliphatic carbocycles. The molecule has 1 aliphatic heterocycles. The Kier molecular flexibility index (Phi) is 4.10. The molecule has 4 rings (SSSR count). The van der Waals surface area contributed by atoms with Crippen LogP contribution < -0.4 is 10.6 Å². The summed E-state index contributed by atoms with van der Waals surface area (Å²) >= 11 is 1.75. The van der Waals surface area contributed by atoms with E-state index in [2.05, 4.69) is 42.1 Å². The van der Waals surface area contributed by atoms with Crippen molar-refractivity contribution < 1.29 is 4.79 Å². The number of amides is 1. The number of carbonyl (C=O) groups excluding carboxylic acids is 1. The van der Waals surface area contributed by atoms with Crippen LogP contribution >= 0.6 is 11.8 Å². The average Bonchev–Trinajstić information content (AvgIpc) is 3.31. The molecule has 3 aromatic heterocycles. The number of hydrogen-bond donors (Lipinski definition) is 3. The summed E-state index contributed by atoms with van der Waals surface area (Å²) in [6.45, 7) is 0. The van der Waals surface area contributed by atoms with Gasteiger partial charge in [-0.3, -0.25) is 4.79 Å². The number of aromatic nitrogens is 4. The van der Waals surface area contributed by atoms with Crippen molar-refractivity contribution >= 4 is 40.3 Å². The Balaban J connectivity index is 1.63. The molecule has 3 N–H and O–H groups in total. The van der Waals surface area contributed by atoms with Crippen molar-refractivity contribution in [1.82, 2.24) is 19.9 Å². The minimum absolute atomic E-state index is 0.224.